The van der Waals surface area contributed by atoms with E-state index in [4.69, 9.17) is 23.9 Å². The minimum atomic E-state index is -0.645. The molecule has 0 unspecified atom stereocenters. The predicted molar refractivity (Wildman–Crippen MR) is 153 cm³/mol. The topological polar surface area (TPSA) is 98.7 Å². The lowest BCUT2D eigenvalue weighted by molar-refractivity contribution is -0.141. The number of hydrogen-bond acceptors (Lipinski definition) is 9. The van der Waals surface area contributed by atoms with Gasteiger partial charge in [-0.3, -0.25) is 4.79 Å². The summed E-state index contributed by atoms with van der Waals surface area (Å²) in [5, 5.41) is 5.58. The van der Waals surface area contributed by atoms with Crippen LogP contribution >= 0.6 is 11.8 Å². The zero-order valence-electron chi connectivity index (χ0n) is 22.8. The number of benzene rings is 2. The number of thioether (sulfide) groups is 1. The molecule has 0 spiro atoms. The second-order valence-electron chi connectivity index (χ2n) is 9.65. The summed E-state index contributed by atoms with van der Waals surface area (Å²) in [6, 6.07) is 14.4. The Labute approximate surface area is 238 Å². The Bertz CT molecular complexity index is 1350. The molecule has 2 aromatic carbocycles. The number of aliphatic imine (C=N–C) groups is 1. The van der Waals surface area contributed by atoms with Crippen molar-refractivity contribution < 1.29 is 28.5 Å². The number of ether oxygens (including phenoxy) is 4. The molecule has 1 N–H and O–H groups in total. The van der Waals surface area contributed by atoms with Crippen molar-refractivity contribution in [3.05, 3.63) is 82.0 Å². The molecule has 1 amide bonds. The van der Waals surface area contributed by atoms with Crippen molar-refractivity contribution in [2.45, 2.75) is 44.9 Å². The number of esters is 1. The van der Waals surface area contributed by atoms with Crippen molar-refractivity contribution in [2.75, 3.05) is 27.4 Å². The highest BCUT2D eigenvalue weighted by atomic mass is 32.2. The van der Waals surface area contributed by atoms with Crippen LogP contribution in [0, 0.1) is 0 Å². The molecule has 5 rings (SSSR count). The van der Waals surface area contributed by atoms with Crippen LogP contribution in [0.5, 0.6) is 11.5 Å². The first kappa shape index (κ1) is 27.8. The summed E-state index contributed by atoms with van der Waals surface area (Å²) in [6.07, 6.45) is 2.12. The first-order chi connectivity index (χ1) is 19.5. The second-order valence-corrected chi connectivity index (χ2v) is 10.5. The normalized spacial score (nSPS) is 20.0. The van der Waals surface area contributed by atoms with E-state index < -0.39 is 12.0 Å². The quantitative estimate of drug-likeness (QED) is 0.415. The summed E-state index contributed by atoms with van der Waals surface area (Å²) >= 11 is 1.42. The van der Waals surface area contributed by atoms with Crippen LogP contribution in [0.15, 0.2) is 75.9 Å². The molecule has 0 aromatic heterocycles. The molecule has 1 saturated heterocycles. The van der Waals surface area contributed by atoms with Crippen molar-refractivity contribution in [1.82, 2.24) is 10.2 Å². The minimum absolute atomic E-state index is 0.0494. The number of rotatable bonds is 10. The van der Waals surface area contributed by atoms with Crippen LogP contribution in [0.4, 0.5) is 0 Å². The van der Waals surface area contributed by atoms with Gasteiger partial charge in [-0.2, -0.15) is 0 Å². The maximum Gasteiger partial charge on any atom is 0.338 e. The Morgan fingerprint density at radius 3 is 2.67 bits per heavy atom. The summed E-state index contributed by atoms with van der Waals surface area (Å²) in [6.45, 7) is 3.13. The van der Waals surface area contributed by atoms with Gasteiger partial charge >= 0.3 is 5.97 Å². The molecule has 0 bridgehead atoms. The van der Waals surface area contributed by atoms with Crippen LogP contribution in [-0.4, -0.2) is 55.4 Å². The van der Waals surface area contributed by atoms with Crippen LogP contribution in [0.1, 0.15) is 43.4 Å². The molecule has 1 fully saturated rings. The highest BCUT2D eigenvalue weighted by Crippen LogP contribution is 2.48. The van der Waals surface area contributed by atoms with Gasteiger partial charge in [-0.05, 0) is 36.8 Å². The Morgan fingerprint density at radius 1 is 1.12 bits per heavy atom. The molecule has 0 saturated carbocycles. The molecule has 210 valence electrons. The fraction of sp³-hybridized carbons (Fsp3) is 0.367. The van der Waals surface area contributed by atoms with E-state index >= 15 is 0 Å². The maximum atomic E-state index is 13.7. The van der Waals surface area contributed by atoms with E-state index in [1.54, 1.807) is 27.2 Å². The number of methoxy groups -OCH3 is 2. The van der Waals surface area contributed by atoms with Gasteiger partial charge in [0.2, 0.25) is 5.91 Å². The lowest BCUT2D eigenvalue weighted by atomic mass is 9.92. The van der Waals surface area contributed by atoms with Gasteiger partial charge in [0.25, 0.3) is 0 Å². The van der Waals surface area contributed by atoms with Gasteiger partial charge in [0.15, 0.2) is 16.7 Å². The Balaban J connectivity index is 1.46. The minimum Gasteiger partial charge on any atom is -0.493 e. The van der Waals surface area contributed by atoms with Crippen LogP contribution in [-0.2, 0) is 25.7 Å². The standard InChI is InChI=1S/C30H33N3O6S/c1-19-26(29(35)39-17-20-9-5-4-6-10-20)27(23-12-7-13-24(36-2)28(23)37-3)33-21(18-40-30(33)32-19)15-25(34)31-16-22-11-8-14-38-22/h4-7,9-10,12-13,18,22,27H,8,11,14-17H2,1-3H3,(H,31,34)/t22-,27+/m1/s1. The Morgan fingerprint density at radius 2 is 1.95 bits per heavy atom. The van der Waals surface area contributed by atoms with Crippen LogP contribution in [0.2, 0.25) is 0 Å². The summed E-state index contributed by atoms with van der Waals surface area (Å²) in [5.74, 6) is 0.416. The first-order valence-corrected chi connectivity index (χ1v) is 14.1. The second kappa shape index (κ2) is 12.6. The van der Waals surface area contributed by atoms with E-state index in [-0.39, 0.29) is 25.0 Å². The molecule has 3 heterocycles. The maximum absolute atomic E-state index is 13.7. The third-order valence-electron chi connectivity index (χ3n) is 7.05. The fourth-order valence-corrected chi connectivity index (χ4v) is 6.08. The van der Waals surface area contributed by atoms with Gasteiger partial charge in [0, 0.05) is 24.4 Å². The zero-order valence-corrected chi connectivity index (χ0v) is 23.7. The van der Waals surface area contributed by atoms with Gasteiger partial charge in [-0.25, -0.2) is 9.79 Å². The van der Waals surface area contributed by atoms with Crippen molar-refractivity contribution >= 4 is 28.8 Å². The third-order valence-corrected chi connectivity index (χ3v) is 7.94. The van der Waals surface area contributed by atoms with Crippen LogP contribution in [0.25, 0.3) is 0 Å². The molecule has 10 heteroatoms. The molecule has 9 nitrogen and oxygen atoms in total. The number of hydrogen-bond donors (Lipinski definition) is 1. The molecule has 3 aliphatic heterocycles. The average molecular weight is 564 g/mol. The van der Waals surface area contributed by atoms with Crippen molar-refractivity contribution in [1.29, 1.82) is 0 Å². The van der Waals surface area contributed by atoms with Gasteiger partial charge < -0.3 is 29.2 Å². The number of amides is 1. The highest BCUT2D eigenvalue weighted by Gasteiger charge is 2.42. The molecular formula is C30H33N3O6S. The SMILES string of the molecule is COc1cccc([C@H]2C(C(=O)OCc3ccccc3)=C(C)N=C3SC=C(CC(=O)NC[C@H]4CCCO4)N32)c1OC. The first-order valence-electron chi connectivity index (χ1n) is 13.2. The molecule has 40 heavy (non-hydrogen) atoms. The van der Waals surface area contributed by atoms with E-state index in [1.807, 2.05) is 52.8 Å². The highest BCUT2D eigenvalue weighted by molar-refractivity contribution is 8.16. The average Bonchev–Trinajstić information content (AvgIpc) is 3.64. The van der Waals surface area contributed by atoms with Crippen LogP contribution in [0.3, 0.4) is 0 Å². The number of carbonyl (C=O) groups excluding carboxylic acids is 2. The van der Waals surface area contributed by atoms with E-state index in [2.05, 4.69) is 5.32 Å². The van der Waals surface area contributed by atoms with Gasteiger partial charge in [0.1, 0.15) is 6.61 Å². The number of carbonyl (C=O) groups is 2. The third kappa shape index (κ3) is 5.88. The molecule has 0 radical (unpaired) electrons. The monoisotopic (exact) mass is 563 g/mol. The number of fused-ring (bicyclic) bond motifs is 1. The summed E-state index contributed by atoms with van der Waals surface area (Å²) < 4.78 is 22.8. The molecule has 3 aliphatic rings. The summed E-state index contributed by atoms with van der Waals surface area (Å²) in [4.78, 5) is 33.4. The molecule has 2 atom stereocenters. The number of amidine groups is 1. The van der Waals surface area contributed by atoms with Gasteiger partial charge in [-0.1, -0.05) is 54.2 Å². The Hall–Kier alpha value is -3.76. The lowest BCUT2D eigenvalue weighted by Gasteiger charge is -2.37. The summed E-state index contributed by atoms with van der Waals surface area (Å²) in [7, 11) is 3.14. The van der Waals surface area contributed by atoms with Crippen molar-refractivity contribution in [3.63, 3.8) is 0 Å². The van der Waals surface area contributed by atoms with E-state index in [0.717, 1.165) is 30.7 Å². The van der Waals surface area contributed by atoms with Gasteiger partial charge in [-0.15, -0.1) is 0 Å². The van der Waals surface area contributed by atoms with E-state index in [0.29, 0.717) is 40.0 Å². The number of allylic oxidation sites excluding steroid dienone is 1. The lowest BCUT2D eigenvalue weighted by Crippen LogP contribution is -2.39. The zero-order chi connectivity index (χ0) is 28.1. The largest absolute Gasteiger partial charge is 0.493 e. The predicted octanol–water partition coefficient (Wildman–Crippen LogP) is 4.71. The van der Waals surface area contributed by atoms with E-state index in [1.165, 1.54) is 11.8 Å². The van der Waals surface area contributed by atoms with E-state index in [9.17, 15) is 9.59 Å². The van der Waals surface area contributed by atoms with Gasteiger partial charge in [0.05, 0.1) is 44.1 Å². The number of nitrogens with one attached hydrogen (secondary N) is 1. The summed E-state index contributed by atoms with van der Waals surface area (Å²) in [5.41, 5.74) is 3.23. The smallest absolute Gasteiger partial charge is 0.338 e. The Kier molecular flexibility index (Phi) is 8.76. The number of para-hydroxylation sites is 1. The molecule has 0 aliphatic carbocycles. The van der Waals surface area contributed by atoms with Crippen molar-refractivity contribution in [3.8, 4) is 11.5 Å². The fourth-order valence-electron chi connectivity index (χ4n) is 5.11. The number of nitrogens with zero attached hydrogens (tertiary/aromatic N) is 2. The molecule has 2 aromatic rings. The van der Waals surface area contributed by atoms with Crippen molar-refractivity contribution in [2.24, 2.45) is 4.99 Å². The molecular weight excluding hydrogens is 530 g/mol. The van der Waals surface area contributed by atoms with Crippen LogP contribution < -0.4 is 14.8 Å².